The average molecular weight is 357 g/mol. The van der Waals surface area contributed by atoms with Gasteiger partial charge in [-0.1, -0.05) is 24.3 Å². The number of nitrogens with one attached hydrogen (secondary N) is 1. The van der Waals surface area contributed by atoms with E-state index in [1.54, 1.807) is 0 Å². The van der Waals surface area contributed by atoms with Gasteiger partial charge in [0.1, 0.15) is 11.6 Å². The van der Waals surface area contributed by atoms with Crippen LogP contribution < -0.4 is 10.1 Å². The highest BCUT2D eigenvalue weighted by atomic mass is 19.1. The summed E-state index contributed by atoms with van der Waals surface area (Å²) < 4.78 is 22.9. The maximum atomic E-state index is 12.8. The number of aryl methyl sites for hydroxylation is 1. The number of hydrogen-bond acceptors (Lipinski definition) is 4. The van der Waals surface area contributed by atoms with Gasteiger partial charge in [-0.05, 0) is 54.7 Å². The van der Waals surface area contributed by atoms with Gasteiger partial charge in [0.2, 0.25) is 0 Å². The van der Waals surface area contributed by atoms with Crippen LogP contribution in [0.3, 0.4) is 0 Å². The maximum absolute atomic E-state index is 12.8. The van der Waals surface area contributed by atoms with Gasteiger partial charge in [-0.3, -0.25) is 4.79 Å². The van der Waals surface area contributed by atoms with Gasteiger partial charge in [-0.15, -0.1) is 0 Å². The summed E-state index contributed by atoms with van der Waals surface area (Å²) in [5, 5.41) is 2.91. The molecule has 1 atom stereocenters. The molecule has 0 fully saturated rings. The molecule has 0 bridgehead atoms. The molecular formula is C20H20FNO4. The zero-order valence-corrected chi connectivity index (χ0v) is 14.2. The normalized spacial score (nSPS) is 15.7. The van der Waals surface area contributed by atoms with E-state index >= 15 is 0 Å². The van der Waals surface area contributed by atoms with Crippen LogP contribution >= 0.6 is 0 Å². The number of esters is 1. The molecule has 2 aromatic carbocycles. The van der Waals surface area contributed by atoms with E-state index in [9.17, 15) is 14.0 Å². The van der Waals surface area contributed by atoms with Crippen molar-refractivity contribution in [1.82, 2.24) is 5.32 Å². The summed E-state index contributed by atoms with van der Waals surface area (Å²) in [6, 6.07) is 13.3. The lowest BCUT2D eigenvalue weighted by Gasteiger charge is -2.26. The molecule has 1 N–H and O–H groups in total. The summed E-state index contributed by atoms with van der Waals surface area (Å²) in [6.45, 7) is -0.699. The molecule has 1 aliphatic rings. The Balaban J connectivity index is 1.43. The molecule has 26 heavy (non-hydrogen) atoms. The van der Waals surface area contributed by atoms with Crippen molar-refractivity contribution in [2.24, 2.45) is 0 Å². The lowest BCUT2D eigenvalue weighted by atomic mass is 9.88. The second-order valence-electron chi connectivity index (χ2n) is 6.11. The highest BCUT2D eigenvalue weighted by Gasteiger charge is 2.21. The minimum atomic E-state index is -0.659. The van der Waals surface area contributed by atoms with Crippen molar-refractivity contribution < 1.29 is 23.5 Å². The van der Waals surface area contributed by atoms with Crippen molar-refractivity contribution in [2.75, 3.05) is 13.2 Å². The Hall–Kier alpha value is -2.89. The van der Waals surface area contributed by atoms with E-state index in [-0.39, 0.29) is 31.0 Å². The number of carbonyl (C=O) groups is 2. The topological polar surface area (TPSA) is 64.6 Å². The Labute approximate surface area is 151 Å². The monoisotopic (exact) mass is 357 g/mol. The van der Waals surface area contributed by atoms with Gasteiger partial charge in [0.25, 0.3) is 5.91 Å². The Bertz CT molecular complexity index is 776. The number of amides is 1. The fourth-order valence-electron chi connectivity index (χ4n) is 3.00. The number of ether oxygens (including phenoxy) is 2. The van der Waals surface area contributed by atoms with E-state index in [0.717, 1.165) is 24.8 Å². The van der Waals surface area contributed by atoms with Crippen LogP contribution in [0.4, 0.5) is 4.39 Å². The summed E-state index contributed by atoms with van der Waals surface area (Å²) in [4.78, 5) is 23.7. The molecule has 136 valence electrons. The van der Waals surface area contributed by atoms with Gasteiger partial charge in [-0.25, -0.2) is 9.18 Å². The standard InChI is InChI=1S/C20H20FNO4/c21-15-8-10-16(11-9-15)25-13-20(24)26-12-19(23)22-18-7-3-5-14-4-1-2-6-17(14)18/h1-2,4,6,8-11,18H,3,5,7,12-13H2,(H,22,23). The number of benzene rings is 2. The predicted octanol–water partition coefficient (Wildman–Crippen LogP) is 2.94. The zero-order valence-electron chi connectivity index (χ0n) is 14.2. The number of carbonyl (C=O) groups excluding carboxylic acids is 2. The molecular weight excluding hydrogens is 337 g/mol. The second-order valence-corrected chi connectivity index (χ2v) is 6.11. The molecule has 6 heteroatoms. The van der Waals surface area contributed by atoms with Crippen LogP contribution in [0, 0.1) is 5.82 Å². The molecule has 0 spiro atoms. The van der Waals surface area contributed by atoms with Crippen molar-refractivity contribution in [3.05, 3.63) is 65.5 Å². The van der Waals surface area contributed by atoms with Gasteiger partial charge >= 0.3 is 5.97 Å². The van der Waals surface area contributed by atoms with E-state index in [2.05, 4.69) is 11.4 Å². The quantitative estimate of drug-likeness (QED) is 0.808. The van der Waals surface area contributed by atoms with Crippen LogP contribution in [-0.4, -0.2) is 25.1 Å². The van der Waals surface area contributed by atoms with Gasteiger partial charge < -0.3 is 14.8 Å². The molecule has 5 nitrogen and oxygen atoms in total. The average Bonchev–Trinajstić information content (AvgIpc) is 2.66. The van der Waals surface area contributed by atoms with E-state index < -0.39 is 5.97 Å². The van der Waals surface area contributed by atoms with Crippen molar-refractivity contribution in [1.29, 1.82) is 0 Å². The van der Waals surface area contributed by atoms with Gasteiger partial charge in [0.15, 0.2) is 13.2 Å². The van der Waals surface area contributed by atoms with Crippen LogP contribution in [0.25, 0.3) is 0 Å². The molecule has 1 amide bonds. The SMILES string of the molecule is O=C(COC(=O)COc1ccc(F)cc1)NC1CCCc2ccccc21. The van der Waals surface area contributed by atoms with Gasteiger partial charge in [0.05, 0.1) is 6.04 Å². The lowest BCUT2D eigenvalue weighted by Crippen LogP contribution is -2.34. The molecule has 1 unspecified atom stereocenters. The summed E-state index contributed by atoms with van der Waals surface area (Å²) in [6.07, 6.45) is 2.88. The zero-order chi connectivity index (χ0) is 18.4. The summed E-state index contributed by atoms with van der Waals surface area (Å²) in [5.41, 5.74) is 2.37. The molecule has 0 saturated heterocycles. The second kappa shape index (κ2) is 8.47. The Morgan fingerprint density at radius 3 is 2.65 bits per heavy atom. The molecule has 3 rings (SSSR count). The molecule has 0 radical (unpaired) electrons. The summed E-state index contributed by atoms with van der Waals surface area (Å²) in [7, 11) is 0. The first-order chi connectivity index (χ1) is 12.6. The number of rotatable bonds is 6. The molecule has 1 aliphatic carbocycles. The Morgan fingerprint density at radius 2 is 1.85 bits per heavy atom. The van der Waals surface area contributed by atoms with Crippen LogP contribution in [0.2, 0.25) is 0 Å². The maximum Gasteiger partial charge on any atom is 0.344 e. The molecule has 2 aromatic rings. The third-order valence-electron chi connectivity index (χ3n) is 4.24. The molecule has 0 saturated carbocycles. The number of hydrogen-bond donors (Lipinski definition) is 1. The Morgan fingerprint density at radius 1 is 1.08 bits per heavy atom. The van der Waals surface area contributed by atoms with Crippen LogP contribution in [0.1, 0.15) is 30.0 Å². The lowest BCUT2D eigenvalue weighted by molar-refractivity contribution is -0.150. The summed E-state index contributed by atoms with van der Waals surface area (Å²) in [5.74, 6) is -1.04. The van der Waals surface area contributed by atoms with Crippen molar-refractivity contribution in [2.45, 2.75) is 25.3 Å². The fraction of sp³-hybridized carbons (Fsp3) is 0.300. The largest absolute Gasteiger partial charge is 0.482 e. The van der Waals surface area contributed by atoms with Crippen molar-refractivity contribution in [3.63, 3.8) is 0 Å². The molecule has 0 aliphatic heterocycles. The first kappa shape index (κ1) is 17.9. The third-order valence-corrected chi connectivity index (χ3v) is 4.24. The van der Waals surface area contributed by atoms with E-state index in [1.807, 2.05) is 18.2 Å². The van der Waals surface area contributed by atoms with Crippen molar-refractivity contribution in [3.8, 4) is 5.75 Å². The Kier molecular flexibility index (Phi) is 5.84. The first-order valence-electron chi connectivity index (χ1n) is 8.53. The first-order valence-corrected chi connectivity index (χ1v) is 8.53. The highest BCUT2D eigenvalue weighted by molar-refractivity contribution is 5.81. The van der Waals surface area contributed by atoms with E-state index in [0.29, 0.717) is 5.75 Å². The number of fused-ring (bicyclic) bond motifs is 1. The van der Waals surface area contributed by atoms with Gasteiger partial charge in [0, 0.05) is 0 Å². The minimum Gasteiger partial charge on any atom is -0.482 e. The van der Waals surface area contributed by atoms with Crippen LogP contribution in [-0.2, 0) is 20.7 Å². The van der Waals surface area contributed by atoms with E-state index in [4.69, 9.17) is 9.47 Å². The number of halogens is 1. The molecule has 0 heterocycles. The van der Waals surface area contributed by atoms with Gasteiger partial charge in [-0.2, -0.15) is 0 Å². The van der Waals surface area contributed by atoms with E-state index in [1.165, 1.54) is 29.8 Å². The molecule has 0 aromatic heterocycles. The minimum absolute atomic E-state index is 0.0541. The van der Waals surface area contributed by atoms with Crippen LogP contribution in [0.15, 0.2) is 48.5 Å². The van der Waals surface area contributed by atoms with Crippen molar-refractivity contribution >= 4 is 11.9 Å². The smallest absolute Gasteiger partial charge is 0.344 e. The summed E-state index contributed by atoms with van der Waals surface area (Å²) >= 11 is 0. The predicted molar refractivity (Wildman–Crippen MR) is 93.1 cm³/mol. The third kappa shape index (κ3) is 4.81. The van der Waals surface area contributed by atoms with Crippen LogP contribution in [0.5, 0.6) is 5.75 Å². The highest BCUT2D eigenvalue weighted by Crippen LogP contribution is 2.29. The fourth-order valence-corrected chi connectivity index (χ4v) is 3.00.